The quantitative estimate of drug-likeness (QED) is 0.772. The van der Waals surface area contributed by atoms with Gasteiger partial charge in [-0.1, -0.05) is 18.2 Å². The van der Waals surface area contributed by atoms with Crippen molar-refractivity contribution in [3.8, 4) is 11.3 Å². The number of ether oxygens (including phenoxy) is 1. The highest BCUT2D eigenvalue weighted by Gasteiger charge is 2.29. The van der Waals surface area contributed by atoms with E-state index in [4.69, 9.17) is 4.74 Å². The molecule has 1 aliphatic rings. The number of aryl methyl sites for hydroxylation is 1. The zero-order valence-electron chi connectivity index (χ0n) is 10.8. The molecule has 0 spiro atoms. The fraction of sp³-hybridized carbons (Fsp3) is 0.250. The summed E-state index contributed by atoms with van der Waals surface area (Å²) in [6.07, 6.45) is 3.56. The summed E-state index contributed by atoms with van der Waals surface area (Å²) in [6, 6.07) is 12.1. The normalized spacial score (nSPS) is 17.0. The van der Waals surface area contributed by atoms with Crippen molar-refractivity contribution in [1.29, 1.82) is 0 Å². The average molecular weight is 253 g/mol. The van der Waals surface area contributed by atoms with Crippen molar-refractivity contribution >= 4 is 5.97 Å². The molecule has 0 saturated heterocycles. The van der Waals surface area contributed by atoms with Gasteiger partial charge in [0.25, 0.3) is 0 Å². The van der Waals surface area contributed by atoms with E-state index < -0.39 is 0 Å². The summed E-state index contributed by atoms with van der Waals surface area (Å²) >= 11 is 0. The minimum atomic E-state index is -0.135. The summed E-state index contributed by atoms with van der Waals surface area (Å²) in [6.45, 7) is 0. The van der Waals surface area contributed by atoms with Crippen LogP contribution in [0.1, 0.15) is 23.5 Å². The second-order valence-electron chi connectivity index (χ2n) is 4.74. The Labute approximate surface area is 112 Å². The predicted molar refractivity (Wildman–Crippen MR) is 72.8 cm³/mol. The lowest BCUT2D eigenvalue weighted by molar-refractivity contribution is -0.142. The number of nitrogens with zero attached hydrogens (tertiary/aromatic N) is 1. The molecule has 1 heterocycles. The second kappa shape index (κ2) is 4.84. The highest BCUT2D eigenvalue weighted by atomic mass is 16.5. The van der Waals surface area contributed by atoms with Crippen molar-refractivity contribution < 1.29 is 9.53 Å². The van der Waals surface area contributed by atoms with E-state index in [2.05, 4.69) is 11.1 Å². The molecular weight excluding hydrogens is 238 g/mol. The smallest absolute Gasteiger partial charge is 0.313 e. The van der Waals surface area contributed by atoms with Gasteiger partial charge in [0.1, 0.15) is 0 Å². The van der Waals surface area contributed by atoms with Crippen LogP contribution in [0.4, 0.5) is 0 Å². The Balaban J connectivity index is 1.97. The van der Waals surface area contributed by atoms with Crippen LogP contribution < -0.4 is 0 Å². The maximum Gasteiger partial charge on any atom is 0.313 e. The van der Waals surface area contributed by atoms with Crippen molar-refractivity contribution in [3.63, 3.8) is 0 Å². The van der Waals surface area contributed by atoms with Crippen molar-refractivity contribution in [2.45, 2.75) is 18.8 Å². The van der Waals surface area contributed by atoms with E-state index in [1.807, 2.05) is 30.3 Å². The molecule has 1 aliphatic carbocycles. The van der Waals surface area contributed by atoms with E-state index >= 15 is 0 Å². The maximum absolute atomic E-state index is 11.7. The number of hydrogen-bond donors (Lipinski definition) is 0. The number of methoxy groups -OCH3 is 1. The number of pyridine rings is 1. The molecule has 0 saturated carbocycles. The van der Waals surface area contributed by atoms with Crippen LogP contribution in [0.15, 0.2) is 42.6 Å². The van der Waals surface area contributed by atoms with Gasteiger partial charge in [-0.15, -0.1) is 0 Å². The number of benzene rings is 1. The molecular formula is C16H15NO2. The Kier molecular flexibility index (Phi) is 3.03. The monoisotopic (exact) mass is 253 g/mol. The van der Waals surface area contributed by atoms with E-state index in [1.54, 1.807) is 6.20 Å². The number of rotatable bonds is 2. The van der Waals surface area contributed by atoms with Crippen molar-refractivity contribution in [2.24, 2.45) is 0 Å². The maximum atomic E-state index is 11.7. The fourth-order valence-corrected chi connectivity index (χ4v) is 2.70. The minimum absolute atomic E-state index is 0.0993. The molecule has 0 bridgehead atoms. The minimum Gasteiger partial charge on any atom is -0.469 e. The first-order chi connectivity index (χ1) is 9.29. The predicted octanol–water partition coefficient (Wildman–Crippen LogP) is 2.95. The number of carbonyl (C=O) groups excluding carboxylic acids is 1. The topological polar surface area (TPSA) is 39.2 Å². The Bertz CT molecular complexity index is 607. The number of carbonyl (C=O) groups is 1. The van der Waals surface area contributed by atoms with Crippen molar-refractivity contribution in [2.75, 3.05) is 7.11 Å². The van der Waals surface area contributed by atoms with Gasteiger partial charge in [-0.3, -0.25) is 9.78 Å². The van der Waals surface area contributed by atoms with E-state index in [0.717, 1.165) is 29.7 Å². The molecule has 3 rings (SSSR count). The summed E-state index contributed by atoms with van der Waals surface area (Å²) in [5.41, 5.74) is 4.40. The third-order valence-electron chi connectivity index (χ3n) is 3.67. The first kappa shape index (κ1) is 11.9. The molecule has 0 N–H and O–H groups in total. The molecule has 96 valence electrons. The van der Waals surface area contributed by atoms with Gasteiger partial charge in [0.05, 0.1) is 18.7 Å². The molecule has 3 nitrogen and oxygen atoms in total. The lowest BCUT2D eigenvalue weighted by atomic mass is 9.99. The molecule has 1 atom stereocenters. The lowest BCUT2D eigenvalue weighted by Gasteiger charge is -2.09. The van der Waals surface area contributed by atoms with E-state index in [9.17, 15) is 4.79 Å². The van der Waals surface area contributed by atoms with Gasteiger partial charge in [-0.2, -0.15) is 0 Å². The van der Waals surface area contributed by atoms with Gasteiger partial charge >= 0.3 is 5.97 Å². The zero-order chi connectivity index (χ0) is 13.2. The largest absolute Gasteiger partial charge is 0.469 e. The van der Waals surface area contributed by atoms with Gasteiger partial charge in [0.2, 0.25) is 0 Å². The van der Waals surface area contributed by atoms with Crippen LogP contribution in [0, 0.1) is 0 Å². The van der Waals surface area contributed by atoms with Crippen molar-refractivity contribution in [1.82, 2.24) is 4.98 Å². The number of fused-ring (bicyclic) bond motifs is 1. The van der Waals surface area contributed by atoms with Crippen LogP contribution in [0.25, 0.3) is 11.3 Å². The third kappa shape index (κ3) is 2.12. The van der Waals surface area contributed by atoms with Gasteiger partial charge in [-0.05, 0) is 42.2 Å². The van der Waals surface area contributed by atoms with E-state index in [1.165, 1.54) is 12.7 Å². The Hall–Kier alpha value is -2.16. The van der Waals surface area contributed by atoms with Crippen molar-refractivity contribution in [3.05, 3.63) is 53.7 Å². The van der Waals surface area contributed by atoms with E-state index in [-0.39, 0.29) is 11.9 Å². The van der Waals surface area contributed by atoms with Crippen LogP contribution >= 0.6 is 0 Å². The summed E-state index contributed by atoms with van der Waals surface area (Å²) in [7, 11) is 1.45. The molecule has 1 unspecified atom stereocenters. The molecule has 0 aliphatic heterocycles. The van der Waals surface area contributed by atoms with Gasteiger partial charge in [0.15, 0.2) is 0 Å². The highest BCUT2D eigenvalue weighted by Crippen LogP contribution is 2.36. The van der Waals surface area contributed by atoms with Crippen LogP contribution in [0.3, 0.4) is 0 Å². The first-order valence-electron chi connectivity index (χ1n) is 6.41. The van der Waals surface area contributed by atoms with Crippen LogP contribution in [-0.2, 0) is 16.0 Å². The van der Waals surface area contributed by atoms with Crippen LogP contribution in [0.2, 0.25) is 0 Å². The number of aromatic nitrogens is 1. The highest BCUT2D eigenvalue weighted by molar-refractivity contribution is 5.80. The van der Waals surface area contributed by atoms with Gasteiger partial charge in [0, 0.05) is 11.8 Å². The zero-order valence-corrected chi connectivity index (χ0v) is 10.8. The van der Waals surface area contributed by atoms with Crippen LogP contribution in [0.5, 0.6) is 0 Å². The standard InChI is InChI=1S/C16H15NO2/c1-19-16(18)14-8-5-11-10-12(6-7-13(11)14)15-4-2-3-9-17-15/h2-4,6-7,9-10,14H,5,8H2,1H3. The molecule has 0 amide bonds. The summed E-state index contributed by atoms with van der Waals surface area (Å²) in [5, 5.41) is 0. The summed E-state index contributed by atoms with van der Waals surface area (Å²) in [4.78, 5) is 16.1. The molecule has 1 aromatic carbocycles. The first-order valence-corrected chi connectivity index (χ1v) is 6.41. The van der Waals surface area contributed by atoms with E-state index in [0.29, 0.717) is 0 Å². The summed E-state index contributed by atoms with van der Waals surface area (Å²) < 4.78 is 4.85. The average Bonchev–Trinajstić information content (AvgIpc) is 2.90. The Morgan fingerprint density at radius 1 is 1.32 bits per heavy atom. The Morgan fingerprint density at radius 2 is 2.21 bits per heavy atom. The summed E-state index contributed by atoms with van der Waals surface area (Å²) in [5.74, 6) is -0.234. The number of hydrogen-bond acceptors (Lipinski definition) is 3. The SMILES string of the molecule is COC(=O)C1CCc2cc(-c3ccccn3)ccc21. The second-order valence-corrected chi connectivity index (χ2v) is 4.74. The third-order valence-corrected chi connectivity index (χ3v) is 3.67. The molecule has 1 aromatic heterocycles. The fourth-order valence-electron chi connectivity index (χ4n) is 2.70. The molecule has 0 radical (unpaired) electrons. The Morgan fingerprint density at radius 3 is 2.95 bits per heavy atom. The molecule has 19 heavy (non-hydrogen) atoms. The molecule has 0 fully saturated rings. The number of esters is 1. The van der Waals surface area contributed by atoms with Gasteiger partial charge < -0.3 is 4.74 Å². The molecule has 2 aromatic rings. The van der Waals surface area contributed by atoms with Crippen LogP contribution in [-0.4, -0.2) is 18.1 Å². The molecule has 3 heteroatoms. The lowest BCUT2D eigenvalue weighted by Crippen LogP contribution is -2.11. The van der Waals surface area contributed by atoms with Gasteiger partial charge in [-0.25, -0.2) is 0 Å².